The van der Waals surface area contributed by atoms with E-state index >= 15 is 0 Å². The lowest BCUT2D eigenvalue weighted by Crippen LogP contribution is -2.45. The van der Waals surface area contributed by atoms with Gasteiger partial charge in [0.2, 0.25) is 5.91 Å². The third-order valence-electron chi connectivity index (χ3n) is 3.58. The molecule has 1 aromatic rings. The van der Waals surface area contributed by atoms with Crippen LogP contribution in [-0.4, -0.2) is 21.1 Å². The summed E-state index contributed by atoms with van der Waals surface area (Å²) in [6.07, 6.45) is 3.75. The molecule has 21 heavy (non-hydrogen) atoms. The Morgan fingerprint density at radius 2 is 2.19 bits per heavy atom. The topological polar surface area (TPSA) is 96.9 Å². The average Bonchev–Trinajstić information content (AvgIpc) is 3.28. The van der Waals surface area contributed by atoms with Gasteiger partial charge in [0.1, 0.15) is 18.2 Å². The van der Waals surface area contributed by atoms with E-state index in [1.54, 1.807) is 6.07 Å². The number of carbonyl (C=O) groups excluding carboxylic acids is 1. The number of amides is 1. The van der Waals surface area contributed by atoms with Gasteiger partial charge in [0.25, 0.3) is 5.56 Å². The molecule has 1 aliphatic rings. The molecule has 7 nitrogen and oxygen atoms in total. The first-order valence-corrected chi connectivity index (χ1v) is 7.03. The number of nitrogens with zero attached hydrogens (tertiary/aromatic N) is 3. The highest BCUT2D eigenvalue weighted by Crippen LogP contribution is 2.33. The molecule has 1 fully saturated rings. The van der Waals surface area contributed by atoms with Gasteiger partial charge < -0.3 is 5.32 Å². The van der Waals surface area contributed by atoms with E-state index in [9.17, 15) is 14.4 Å². The first-order chi connectivity index (χ1) is 9.97. The Bertz CT molecular complexity index is 706. The van der Waals surface area contributed by atoms with Crippen LogP contribution in [0.3, 0.4) is 0 Å². The van der Waals surface area contributed by atoms with Crippen LogP contribution in [0.4, 0.5) is 0 Å². The molecule has 112 valence electrons. The highest BCUT2D eigenvalue weighted by molar-refractivity contribution is 5.76. The highest BCUT2D eigenvalue weighted by atomic mass is 16.2. The number of nitrogens with one attached hydrogen (secondary N) is 1. The molecular formula is C14H18N4O3. The summed E-state index contributed by atoms with van der Waals surface area (Å²) in [5.74, 6) is -0.402. The zero-order valence-corrected chi connectivity index (χ0v) is 12.1. The van der Waals surface area contributed by atoms with Gasteiger partial charge in [-0.1, -0.05) is 6.92 Å². The van der Waals surface area contributed by atoms with E-state index in [0.717, 1.165) is 23.8 Å². The maximum absolute atomic E-state index is 12.3. The summed E-state index contributed by atoms with van der Waals surface area (Å²) in [4.78, 5) is 36.2. The van der Waals surface area contributed by atoms with Crippen molar-refractivity contribution in [3.63, 3.8) is 0 Å². The Balaban J connectivity index is 2.36. The Kier molecular flexibility index (Phi) is 4.26. The van der Waals surface area contributed by atoms with Crippen LogP contribution < -0.4 is 16.6 Å². The summed E-state index contributed by atoms with van der Waals surface area (Å²) in [7, 11) is 0. The number of hydrogen-bond donors (Lipinski definition) is 1. The molecule has 0 saturated heterocycles. The lowest BCUT2D eigenvalue weighted by molar-refractivity contribution is -0.122. The van der Waals surface area contributed by atoms with Crippen LogP contribution in [0.1, 0.15) is 44.7 Å². The minimum absolute atomic E-state index is 0.0296. The quantitative estimate of drug-likeness (QED) is 0.833. The summed E-state index contributed by atoms with van der Waals surface area (Å²) in [5.41, 5.74) is -1.35. The van der Waals surface area contributed by atoms with E-state index in [1.165, 1.54) is 10.8 Å². The molecular weight excluding hydrogens is 272 g/mol. The normalized spacial score (nSPS) is 15.3. The van der Waals surface area contributed by atoms with E-state index in [-0.39, 0.29) is 24.2 Å². The number of carbonyl (C=O) groups is 1. The second-order valence-corrected chi connectivity index (χ2v) is 5.34. The second kappa shape index (κ2) is 5.95. The van der Waals surface area contributed by atoms with E-state index in [0.29, 0.717) is 0 Å². The third-order valence-corrected chi connectivity index (χ3v) is 3.58. The molecule has 1 atom stereocenters. The van der Waals surface area contributed by atoms with E-state index < -0.39 is 17.2 Å². The van der Waals surface area contributed by atoms with E-state index in [2.05, 4.69) is 5.32 Å². The monoisotopic (exact) mass is 290 g/mol. The van der Waals surface area contributed by atoms with Gasteiger partial charge in [0.15, 0.2) is 0 Å². The first kappa shape index (κ1) is 15.0. The number of aromatic nitrogens is 2. The second-order valence-electron chi connectivity index (χ2n) is 5.34. The number of hydrogen-bond acceptors (Lipinski definition) is 4. The van der Waals surface area contributed by atoms with Gasteiger partial charge in [-0.3, -0.25) is 14.2 Å². The van der Waals surface area contributed by atoms with Gasteiger partial charge in [0, 0.05) is 18.3 Å². The largest absolute Gasteiger partial charge is 0.352 e. The predicted octanol–water partition coefficient (Wildman–Crippen LogP) is 0.131. The number of nitriles is 1. The summed E-state index contributed by atoms with van der Waals surface area (Å²) >= 11 is 0. The first-order valence-electron chi connectivity index (χ1n) is 7.03. The minimum atomic E-state index is -0.710. The Labute approximate surface area is 121 Å². The zero-order valence-electron chi connectivity index (χ0n) is 12.1. The van der Waals surface area contributed by atoms with E-state index in [4.69, 9.17) is 5.26 Å². The smallest absolute Gasteiger partial charge is 0.331 e. The molecule has 0 radical (unpaired) electrons. The molecule has 1 heterocycles. The van der Waals surface area contributed by atoms with Gasteiger partial charge in [-0.05, 0) is 26.2 Å². The summed E-state index contributed by atoms with van der Waals surface area (Å²) < 4.78 is 2.23. The Morgan fingerprint density at radius 1 is 1.52 bits per heavy atom. The Hall–Kier alpha value is -2.36. The van der Waals surface area contributed by atoms with Crippen LogP contribution in [0.15, 0.2) is 15.8 Å². The molecule has 0 aromatic carbocycles. The standard InChI is InChI=1S/C14H18N4O3/c1-3-9(2)16-12(19)8-18-13(20)10(6-15)7-17(14(18)21)11-4-5-11/h7,9,11H,3-5,8H2,1-2H3,(H,16,19)/t9-/m0/s1. The molecule has 0 spiro atoms. The molecule has 0 aliphatic heterocycles. The van der Waals surface area contributed by atoms with Gasteiger partial charge in [-0.2, -0.15) is 5.26 Å². The SMILES string of the molecule is CC[C@H](C)NC(=O)Cn1c(=O)c(C#N)cn(C2CC2)c1=O. The zero-order chi connectivity index (χ0) is 15.6. The van der Waals surface area contributed by atoms with Crippen molar-refractivity contribution in [2.24, 2.45) is 0 Å². The lowest BCUT2D eigenvalue weighted by Gasteiger charge is -2.13. The van der Waals surface area contributed by atoms with Crippen molar-refractivity contribution in [1.82, 2.24) is 14.5 Å². The summed E-state index contributed by atoms with van der Waals surface area (Å²) in [6, 6.07) is 1.79. The molecule has 0 bridgehead atoms. The van der Waals surface area contributed by atoms with Crippen molar-refractivity contribution >= 4 is 5.91 Å². The lowest BCUT2D eigenvalue weighted by atomic mass is 10.2. The van der Waals surface area contributed by atoms with Gasteiger partial charge in [-0.15, -0.1) is 0 Å². The molecule has 1 N–H and O–H groups in total. The van der Waals surface area contributed by atoms with Crippen LogP contribution in [0, 0.1) is 11.3 Å². The van der Waals surface area contributed by atoms with Gasteiger partial charge in [-0.25, -0.2) is 9.36 Å². The Morgan fingerprint density at radius 3 is 2.71 bits per heavy atom. The minimum Gasteiger partial charge on any atom is -0.352 e. The summed E-state index contributed by atoms with van der Waals surface area (Å²) in [6.45, 7) is 3.41. The maximum atomic E-state index is 12.3. The molecule has 1 aliphatic carbocycles. The van der Waals surface area contributed by atoms with Crippen molar-refractivity contribution in [2.45, 2.75) is 51.7 Å². The van der Waals surface area contributed by atoms with Gasteiger partial charge >= 0.3 is 5.69 Å². The molecule has 1 saturated carbocycles. The van der Waals surface area contributed by atoms with Crippen molar-refractivity contribution in [3.8, 4) is 6.07 Å². The molecule has 2 rings (SSSR count). The van der Waals surface area contributed by atoms with Crippen LogP contribution in [0.5, 0.6) is 0 Å². The van der Waals surface area contributed by atoms with Gasteiger partial charge in [0.05, 0.1) is 0 Å². The van der Waals surface area contributed by atoms with Crippen molar-refractivity contribution in [2.75, 3.05) is 0 Å². The number of rotatable bonds is 5. The fourth-order valence-corrected chi connectivity index (χ4v) is 2.02. The fraction of sp³-hybridized carbons (Fsp3) is 0.571. The van der Waals surface area contributed by atoms with Crippen molar-refractivity contribution in [3.05, 3.63) is 32.6 Å². The summed E-state index contributed by atoms with van der Waals surface area (Å²) in [5, 5.41) is 11.7. The molecule has 1 amide bonds. The van der Waals surface area contributed by atoms with Crippen LogP contribution >= 0.6 is 0 Å². The van der Waals surface area contributed by atoms with E-state index in [1.807, 2.05) is 13.8 Å². The van der Waals surface area contributed by atoms with Crippen molar-refractivity contribution < 1.29 is 4.79 Å². The predicted molar refractivity (Wildman–Crippen MR) is 75.8 cm³/mol. The molecule has 7 heteroatoms. The maximum Gasteiger partial charge on any atom is 0.331 e. The fourth-order valence-electron chi connectivity index (χ4n) is 2.02. The van der Waals surface area contributed by atoms with Crippen molar-refractivity contribution in [1.29, 1.82) is 5.26 Å². The van der Waals surface area contributed by atoms with Crippen LogP contribution in [-0.2, 0) is 11.3 Å². The molecule has 1 aromatic heterocycles. The highest BCUT2D eigenvalue weighted by Gasteiger charge is 2.27. The average molecular weight is 290 g/mol. The van der Waals surface area contributed by atoms with Crippen LogP contribution in [0.2, 0.25) is 0 Å². The molecule has 0 unspecified atom stereocenters. The van der Waals surface area contributed by atoms with Crippen LogP contribution in [0.25, 0.3) is 0 Å². The third kappa shape index (κ3) is 3.21.